The van der Waals surface area contributed by atoms with Crippen LogP contribution in [0.25, 0.3) is 0 Å². The molecule has 0 spiro atoms. The van der Waals surface area contributed by atoms with Crippen LogP contribution in [0, 0.1) is 13.8 Å². The number of ether oxygens (including phenoxy) is 1. The summed E-state index contributed by atoms with van der Waals surface area (Å²) < 4.78 is 5.46. The maximum absolute atomic E-state index is 12.2. The first kappa shape index (κ1) is 15.8. The number of aryl methyl sites for hydroxylation is 2. The van der Waals surface area contributed by atoms with E-state index in [0.717, 1.165) is 22.4 Å². The molecule has 0 saturated heterocycles. The number of carbonyl (C=O) groups is 1. The van der Waals surface area contributed by atoms with Crippen LogP contribution in [0.3, 0.4) is 0 Å². The van der Waals surface area contributed by atoms with Gasteiger partial charge in [-0.25, -0.2) is 0 Å². The van der Waals surface area contributed by atoms with Crippen molar-refractivity contribution in [1.29, 1.82) is 0 Å². The lowest BCUT2D eigenvalue weighted by molar-refractivity contribution is -0.115. The predicted octanol–water partition coefficient (Wildman–Crippen LogP) is 4.05. The van der Waals surface area contributed by atoms with Gasteiger partial charge in [0, 0.05) is 11.8 Å². The van der Waals surface area contributed by atoms with E-state index in [2.05, 4.69) is 24.0 Å². The second kappa shape index (κ2) is 7.46. The molecule has 0 heterocycles. The summed E-state index contributed by atoms with van der Waals surface area (Å²) in [5.41, 5.74) is 4.07. The number of hydrogen-bond acceptors (Lipinski definition) is 2. The van der Waals surface area contributed by atoms with Gasteiger partial charge in [-0.3, -0.25) is 4.79 Å². The van der Waals surface area contributed by atoms with Gasteiger partial charge in [-0.15, -0.1) is 0 Å². The van der Waals surface area contributed by atoms with Gasteiger partial charge in [0.2, 0.25) is 5.91 Å². The average Bonchev–Trinajstić information content (AvgIpc) is 2.49. The van der Waals surface area contributed by atoms with Gasteiger partial charge in [-0.05, 0) is 37.1 Å². The van der Waals surface area contributed by atoms with Crippen LogP contribution in [-0.4, -0.2) is 12.5 Å². The maximum Gasteiger partial charge on any atom is 0.228 e. The van der Waals surface area contributed by atoms with E-state index in [1.165, 1.54) is 0 Å². The minimum atomic E-state index is -0.0328. The molecule has 0 radical (unpaired) electrons. The monoisotopic (exact) mass is 295 g/mol. The van der Waals surface area contributed by atoms with Crippen LogP contribution in [0.1, 0.15) is 16.7 Å². The van der Waals surface area contributed by atoms with Crippen LogP contribution in [0.2, 0.25) is 0 Å². The molecule has 0 unspecified atom stereocenters. The van der Waals surface area contributed by atoms with Crippen LogP contribution in [-0.2, 0) is 11.2 Å². The van der Waals surface area contributed by atoms with Gasteiger partial charge in [0.05, 0.1) is 6.42 Å². The summed E-state index contributed by atoms with van der Waals surface area (Å²) in [6.45, 7) is 8.11. The Balaban J connectivity index is 2.02. The number of hydrogen-bond donors (Lipinski definition) is 1. The lowest BCUT2D eigenvalue weighted by Gasteiger charge is -2.10. The van der Waals surface area contributed by atoms with E-state index < -0.39 is 0 Å². The molecule has 0 saturated carbocycles. The summed E-state index contributed by atoms with van der Waals surface area (Å²) in [6.07, 6.45) is 2.05. The van der Waals surface area contributed by atoms with Gasteiger partial charge < -0.3 is 10.1 Å². The molecule has 0 atom stereocenters. The fourth-order valence-electron chi connectivity index (χ4n) is 2.19. The molecule has 114 valence electrons. The van der Waals surface area contributed by atoms with Crippen molar-refractivity contribution < 1.29 is 9.53 Å². The molecule has 0 aliphatic rings. The van der Waals surface area contributed by atoms with E-state index in [1.54, 1.807) is 6.08 Å². The normalized spacial score (nSPS) is 10.1. The highest BCUT2D eigenvalue weighted by atomic mass is 16.5. The van der Waals surface area contributed by atoms with Crippen molar-refractivity contribution in [3.63, 3.8) is 0 Å². The molecule has 0 aliphatic carbocycles. The molecule has 2 aromatic carbocycles. The molecule has 3 nitrogen and oxygen atoms in total. The standard InChI is InChI=1S/C19H21NO2/c1-4-10-22-18-7-5-6-17(13-18)20-19(21)12-16-11-14(2)8-9-15(16)3/h4-9,11,13H,1,10,12H2,2-3H3,(H,20,21). The molecule has 0 aliphatic heterocycles. The molecule has 1 N–H and O–H groups in total. The Kier molecular flexibility index (Phi) is 5.37. The minimum absolute atomic E-state index is 0.0328. The zero-order valence-electron chi connectivity index (χ0n) is 13.1. The Morgan fingerprint density at radius 1 is 1.23 bits per heavy atom. The van der Waals surface area contributed by atoms with Crippen molar-refractivity contribution in [3.05, 3.63) is 71.8 Å². The van der Waals surface area contributed by atoms with Crippen molar-refractivity contribution in [2.75, 3.05) is 11.9 Å². The third-order valence-corrected chi connectivity index (χ3v) is 3.34. The summed E-state index contributed by atoms with van der Waals surface area (Å²) in [5, 5.41) is 2.91. The molecule has 2 aromatic rings. The molecule has 1 amide bonds. The van der Waals surface area contributed by atoms with Gasteiger partial charge in [0.1, 0.15) is 12.4 Å². The van der Waals surface area contributed by atoms with Gasteiger partial charge >= 0.3 is 0 Å². The Labute approximate surface area is 131 Å². The van der Waals surface area contributed by atoms with E-state index >= 15 is 0 Å². The highest BCUT2D eigenvalue weighted by molar-refractivity contribution is 5.92. The fraction of sp³-hybridized carbons (Fsp3) is 0.211. The maximum atomic E-state index is 12.2. The number of benzene rings is 2. The van der Waals surface area contributed by atoms with Crippen molar-refractivity contribution in [3.8, 4) is 5.75 Å². The molecule has 22 heavy (non-hydrogen) atoms. The van der Waals surface area contributed by atoms with Crippen molar-refractivity contribution in [2.45, 2.75) is 20.3 Å². The van der Waals surface area contributed by atoms with E-state index in [4.69, 9.17) is 4.74 Å². The smallest absolute Gasteiger partial charge is 0.228 e. The summed E-state index contributed by atoms with van der Waals surface area (Å²) in [7, 11) is 0. The molecule has 2 rings (SSSR count). The molecule has 0 bridgehead atoms. The summed E-state index contributed by atoms with van der Waals surface area (Å²) in [6, 6.07) is 13.5. The lowest BCUT2D eigenvalue weighted by atomic mass is 10.0. The highest BCUT2D eigenvalue weighted by Crippen LogP contribution is 2.18. The average molecular weight is 295 g/mol. The van der Waals surface area contributed by atoms with Gasteiger partial charge in [0.15, 0.2) is 0 Å². The molecular formula is C19H21NO2. The van der Waals surface area contributed by atoms with E-state index in [0.29, 0.717) is 18.8 Å². The zero-order valence-corrected chi connectivity index (χ0v) is 13.1. The second-order valence-electron chi connectivity index (χ2n) is 5.28. The van der Waals surface area contributed by atoms with Crippen molar-refractivity contribution in [2.24, 2.45) is 0 Å². The molecule has 0 aromatic heterocycles. The summed E-state index contributed by atoms with van der Waals surface area (Å²) in [4.78, 5) is 12.2. The Morgan fingerprint density at radius 2 is 2.05 bits per heavy atom. The fourth-order valence-corrected chi connectivity index (χ4v) is 2.19. The van der Waals surface area contributed by atoms with Crippen LogP contribution in [0.5, 0.6) is 5.75 Å². The molecule has 3 heteroatoms. The van der Waals surface area contributed by atoms with E-state index in [9.17, 15) is 4.79 Å². The Hall–Kier alpha value is -2.55. The number of amides is 1. The number of anilines is 1. The zero-order chi connectivity index (χ0) is 15.9. The molecule has 0 fully saturated rings. The first-order valence-electron chi connectivity index (χ1n) is 7.28. The largest absolute Gasteiger partial charge is 0.489 e. The SMILES string of the molecule is C=CCOc1cccc(NC(=O)Cc2cc(C)ccc2C)c1. The number of carbonyl (C=O) groups excluding carboxylic acids is 1. The van der Waals surface area contributed by atoms with Crippen LogP contribution < -0.4 is 10.1 Å². The first-order valence-corrected chi connectivity index (χ1v) is 7.28. The van der Waals surface area contributed by atoms with Crippen molar-refractivity contribution >= 4 is 11.6 Å². The van der Waals surface area contributed by atoms with Crippen molar-refractivity contribution in [1.82, 2.24) is 0 Å². The predicted molar refractivity (Wildman–Crippen MR) is 90.4 cm³/mol. The lowest BCUT2D eigenvalue weighted by Crippen LogP contribution is -2.15. The van der Waals surface area contributed by atoms with Crippen LogP contribution in [0.15, 0.2) is 55.1 Å². The van der Waals surface area contributed by atoms with Gasteiger partial charge in [-0.2, -0.15) is 0 Å². The minimum Gasteiger partial charge on any atom is -0.489 e. The van der Waals surface area contributed by atoms with Crippen LogP contribution >= 0.6 is 0 Å². The highest BCUT2D eigenvalue weighted by Gasteiger charge is 2.07. The Morgan fingerprint density at radius 3 is 2.82 bits per heavy atom. The third kappa shape index (κ3) is 4.48. The first-order chi connectivity index (χ1) is 10.6. The number of rotatable bonds is 6. The third-order valence-electron chi connectivity index (χ3n) is 3.34. The molecular weight excluding hydrogens is 274 g/mol. The quantitative estimate of drug-likeness (QED) is 0.816. The topological polar surface area (TPSA) is 38.3 Å². The van der Waals surface area contributed by atoms with Gasteiger partial charge in [0.25, 0.3) is 0 Å². The Bertz CT molecular complexity index is 677. The van der Waals surface area contributed by atoms with E-state index in [-0.39, 0.29) is 5.91 Å². The summed E-state index contributed by atoms with van der Waals surface area (Å²) >= 11 is 0. The summed E-state index contributed by atoms with van der Waals surface area (Å²) in [5.74, 6) is 0.680. The van der Waals surface area contributed by atoms with E-state index in [1.807, 2.05) is 44.2 Å². The van der Waals surface area contributed by atoms with Crippen LogP contribution in [0.4, 0.5) is 5.69 Å². The number of nitrogens with one attached hydrogen (secondary N) is 1. The second-order valence-corrected chi connectivity index (χ2v) is 5.28. The van der Waals surface area contributed by atoms with Gasteiger partial charge in [-0.1, -0.05) is 42.5 Å².